The number of hydrogen-bond donors (Lipinski definition) is 1. The van der Waals surface area contributed by atoms with Gasteiger partial charge in [-0.1, -0.05) is 32.0 Å². The topological polar surface area (TPSA) is 29.5 Å². The van der Waals surface area contributed by atoms with Gasteiger partial charge in [-0.25, -0.2) is 0 Å². The molecule has 19 heavy (non-hydrogen) atoms. The zero-order chi connectivity index (χ0) is 14.5. The Morgan fingerprint density at radius 1 is 1.16 bits per heavy atom. The Balaban J connectivity index is 2.64. The normalized spacial score (nSPS) is 13.6. The Labute approximate surface area is 111 Å². The van der Waals surface area contributed by atoms with Crippen LogP contribution in [0.2, 0.25) is 0 Å². The van der Waals surface area contributed by atoms with Crippen LogP contribution in [0.15, 0.2) is 18.2 Å². The lowest BCUT2D eigenvalue weighted by molar-refractivity contribution is -0.179. The fraction of sp³-hybridized carbons (Fsp3) is 0.571. The number of ether oxygens (including phenoxy) is 1. The van der Waals surface area contributed by atoms with Crippen molar-refractivity contribution in [3.63, 3.8) is 0 Å². The first-order valence-electron chi connectivity index (χ1n) is 6.31. The zero-order valence-corrected chi connectivity index (χ0v) is 11.1. The number of aliphatic hydroxyl groups excluding tert-OH is 1. The summed E-state index contributed by atoms with van der Waals surface area (Å²) in [4.78, 5) is 0. The van der Waals surface area contributed by atoms with E-state index in [0.29, 0.717) is 5.56 Å². The van der Waals surface area contributed by atoms with Gasteiger partial charge in [-0.3, -0.25) is 0 Å². The average Bonchev–Trinajstić information content (AvgIpc) is 2.36. The minimum absolute atomic E-state index is 0.353. The van der Waals surface area contributed by atoms with Crippen LogP contribution in [0.1, 0.15) is 36.6 Å². The van der Waals surface area contributed by atoms with Crippen LogP contribution in [-0.2, 0) is 17.6 Å². The molecule has 1 unspecified atom stereocenters. The van der Waals surface area contributed by atoms with Crippen LogP contribution in [0.5, 0.6) is 0 Å². The van der Waals surface area contributed by atoms with Crippen LogP contribution in [0.25, 0.3) is 0 Å². The van der Waals surface area contributed by atoms with Gasteiger partial charge in [0, 0.05) is 0 Å². The van der Waals surface area contributed by atoms with E-state index in [4.69, 9.17) is 0 Å². The van der Waals surface area contributed by atoms with E-state index in [1.807, 2.05) is 26.0 Å². The van der Waals surface area contributed by atoms with Gasteiger partial charge in [0.2, 0.25) is 0 Å². The number of rotatable bonds is 6. The smallest absolute Gasteiger partial charge is 0.386 e. The van der Waals surface area contributed by atoms with Crippen LogP contribution >= 0.6 is 0 Å². The molecule has 0 aliphatic carbocycles. The van der Waals surface area contributed by atoms with Crippen molar-refractivity contribution in [3.8, 4) is 0 Å². The molecule has 0 amide bonds. The van der Waals surface area contributed by atoms with Crippen molar-refractivity contribution in [2.45, 2.75) is 39.0 Å². The van der Waals surface area contributed by atoms with Gasteiger partial charge in [0.05, 0.1) is 6.61 Å². The van der Waals surface area contributed by atoms with Crippen molar-refractivity contribution in [2.24, 2.45) is 0 Å². The standard InChI is InChI=1S/C14H19F3O2/c1-3-10-5-6-12(7-11(10)4-2)13(18)8-19-9-14(15,16)17/h5-7,13,18H,3-4,8-9H2,1-2H3. The van der Waals surface area contributed by atoms with Crippen LogP contribution < -0.4 is 0 Å². The highest BCUT2D eigenvalue weighted by Crippen LogP contribution is 2.21. The number of hydrogen-bond acceptors (Lipinski definition) is 2. The average molecular weight is 276 g/mol. The molecule has 0 aliphatic rings. The Kier molecular flexibility index (Phi) is 5.82. The van der Waals surface area contributed by atoms with Gasteiger partial charge in [0.15, 0.2) is 0 Å². The third-order valence-corrected chi connectivity index (χ3v) is 2.92. The van der Waals surface area contributed by atoms with E-state index in [-0.39, 0.29) is 6.61 Å². The molecule has 1 N–H and O–H groups in total. The Hall–Kier alpha value is -1.07. The fourth-order valence-electron chi connectivity index (χ4n) is 1.91. The minimum atomic E-state index is -4.36. The Bertz CT molecular complexity index is 402. The molecule has 1 aromatic rings. The lowest BCUT2D eigenvalue weighted by Crippen LogP contribution is -2.19. The third kappa shape index (κ3) is 5.20. The van der Waals surface area contributed by atoms with E-state index < -0.39 is 18.9 Å². The molecule has 0 fully saturated rings. The van der Waals surface area contributed by atoms with Crippen molar-refractivity contribution in [2.75, 3.05) is 13.2 Å². The molecule has 0 saturated heterocycles. The van der Waals surface area contributed by atoms with Crippen LogP contribution in [0.4, 0.5) is 13.2 Å². The first-order chi connectivity index (χ1) is 8.87. The van der Waals surface area contributed by atoms with Crippen molar-refractivity contribution >= 4 is 0 Å². The fourth-order valence-corrected chi connectivity index (χ4v) is 1.91. The lowest BCUT2D eigenvalue weighted by atomic mass is 9.98. The second-order valence-corrected chi connectivity index (χ2v) is 4.38. The molecule has 0 aromatic heterocycles. The molecule has 0 bridgehead atoms. The largest absolute Gasteiger partial charge is 0.411 e. The van der Waals surface area contributed by atoms with Crippen molar-refractivity contribution in [1.82, 2.24) is 0 Å². The molecular formula is C14H19F3O2. The molecule has 0 aliphatic heterocycles. The van der Waals surface area contributed by atoms with Gasteiger partial charge < -0.3 is 9.84 Å². The van der Waals surface area contributed by atoms with Crippen LogP contribution in [-0.4, -0.2) is 24.5 Å². The summed E-state index contributed by atoms with van der Waals surface area (Å²) in [6.07, 6.45) is -3.67. The summed E-state index contributed by atoms with van der Waals surface area (Å²) in [5.74, 6) is 0. The summed E-state index contributed by atoms with van der Waals surface area (Å²) in [6.45, 7) is 2.35. The molecule has 5 heteroatoms. The zero-order valence-electron chi connectivity index (χ0n) is 11.1. The number of aryl methyl sites for hydroxylation is 2. The molecule has 1 aromatic carbocycles. The molecule has 108 valence electrons. The number of alkyl halides is 3. The van der Waals surface area contributed by atoms with Crippen LogP contribution in [0, 0.1) is 0 Å². The highest BCUT2D eigenvalue weighted by Gasteiger charge is 2.27. The van der Waals surface area contributed by atoms with E-state index in [1.54, 1.807) is 6.07 Å². The molecule has 0 spiro atoms. The van der Waals surface area contributed by atoms with Gasteiger partial charge in [-0.2, -0.15) is 13.2 Å². The van der Waals surface area contributed by atoms with Gasteiger partial charge >= 0.3 is 6.18 Å². The van der Waals surface area contributed by atoms with Gasteiger partial charge in [0.1, 0.15) is 12.7 Å². The van der Waals surface area contributed by atoms with E-state index in [2.05, 4.69) is 4.74 Å². The van der Waals surface area contributed by atoms with E-state index in [9.17, 15) is 18.3 Å². The minimum Gasteiger partial charge on any atom is -0.386 e. The summed E-state index contributed by atoms with van der Waals surface area (Å²) in [7, 11) is 0. The van der Waals surface area contributed by atoms with E-state index in [1.165, 1.54) is 5.56 Å². The van der Waals surface area contributed by atoms with Gasteiger partial charge in [-0.15, -0.1) is 0 Å². The molecule has 1 atom stereocenters. The highest BCUT2D eigenvalue weighted by molar-refractivity contribution is 5.33. The molecule has 0 saturated carbocycles. The first-order valence-corrected chi connectivity index (χ1v) is 6.31. The maximum atomic E-state index is 11.9. The predicted molar refractivity (Wildman–Crippen MR) is 67.0 cm³/mol. The first kappa shape index (κ1) is 16.0. The second kappa shape index (κ2) is 6.91. The van der Waals surface area contributed by atoms with Gasteiger partial charge in [0.25, 0.3) is 0 Å². The van der Waals surface area contributed by atoms with Crippen LogP contribution in [0.3, 0.4) is 0 Å². The molecule has 1 rings (SSSR count). The van der Waals surface area contributed by atoms with Crippen molar-refractivity contribution in [3.05, 3.63) is 34.9 Å². The quantitative estimate of drug-likeness (QED) is 0.862. The second-order valence-electron chi connectivity index (χ2n) is 4.38. The predicted octanol–water partition coefficient (Wildman–Crippen LogP) is 3.42. The van der Waals surface area contributed by atoms with Gasteiger partial charge in [-0.05, 0) is 29.5 Å². The molecule has 0 radical (unpaired) electrons. The molecule has 2 nitrogen and oxygen atoms in total. The maximum Gasteiger partial charge on any atom is 0.411 e. The summed E-state index contributed by atoms with van der Waals surface area (Å²) >= 11 is 0. The lowest BCUT2D eigenvalue weighted by Gasteiger charge is -2.15. The summed E-state index contributed by atoms with van der Waals surface area (Å²) in [5.41, 5.74) is 2.89. The SMILES string of the molecule is CCc1ccc(C(O)COCC(F)(F)F)cc1CC. The molecular weight excluding hydrogens is 257 g/mol. The monoisotopic (exact) mass is 276 g/mol. The summed E-state index contributed by atoms with van der Waals surface area (Å²) in [5, 5.41) is 9.81. The number of halogens is 3. The van der Waals surface area contributed by atoms with Crippen molar-refractivity contribution < 1.29 is 23.0 Å². The van der Waals surface area contributed by atoms with E-state index >= 15 is 0 Å². The van der Waals surface area contributed by atoms with Crippen molar-refractivity contribution in [1.29, 1.82) is 0 Å². The maximum absolute atomic E-state index is 11.9. The summed E-state index contributed by atoms with van der Waals surface area (Å²) < 4.78 is 40.2. The highest BCUT2D eigenvalue weighted by atomic mass is 19.4. The third-order valence-electron chi connectivity index (χ3n) is 2.92. The Morgan fingerprint density at radius 3 is 2.32 bits per heavy atom. The Morgan fingerprint density at radius 2 is 1.79 bits per heavy atom. The number of benzene rings is 1. The molecule has 0 heterocycles. The van der Waals surface area contributed by atoms with E-state index in [0.717, 1.165) is 18.4 Å². The number of aliphatic hydroxyl groups is 1. The summed E-state index contributed by atoms with van der Waals surface area (Å²) in [6, 6.07) is 5.47.